The normalized spacial score (nSPS) is 21.3. The summed E-state index contributed by atoms with van der Waals surface area (Å²) in [5.41, 5.74) is 0.166. The van der Waals surface area contributed by atoms with E-state index in [2.05, 4.69) is 4.98 Å². The van der Waals surface area contributed by atoms with E-state index in [1.54, 1.807) is 6.07 Å². The van der Waals surface area contributed by atoms with Gasteiger partial charge in [-0.1, -0.05) is 13.0 Å². The third-order valence-electron chi connectivity index (χ3n) is 3.80. The minimum absolute atomic E-state index is 0.367. The van der Waals surface area contributed by atoms with Gasteiger partial charge in [0.15, 0.2) is 0 Å². The van der Waals surface area contributed by atoms with Crippen molar-refractivity contribution in [2.24, 2.45) is 0 Å². The molecule has 1 aliphatic heterocycles. The van der Waals surface area contributed by atoms with Gasteiger partial charge in [0.1, 0.15) is 0 Å². The van der Waals surface area contributed by atoms with Crippen molar-refractivity contribution in [3.05, 3.63) is 23.8 Å². The molecule has 0 spiro atoms. The van der Waals surface area contributed by atoms with Crippen molar-refractivity contribution in [2.45, 2.75) is 52.2 Å². The number of aromatic nitrogens is 1. The molecule has 0 bridgehead atoms. The van der Waals surface area contributed by atoms with Crippen molar-refractivity contribution >= 4 is 12.6 Å². The topological polar surface area (TPSA) is 31.4 Å². The SMILES string of the molecule is CCc1ccc(B2OC(C)(C)C(C)(C)O2)c(F)n1. The van der Waals surface area contributed by atoms with Gasteiger partial charge < -0.3 is 9.31 Å². The molecule has 1 aliphatic rings. The maximum absolute atomic E-state index is 13.9. The lowest BCUT2D eigenvalue weighted by Crippen LogP contribution is -2.41. The highest BCUT2D eigenvalue weighted by Gasteiger charge is 2.52. The van der Waals surface area contributed by atoms with Crippen LogP contribution in [0.1, 0.15) is 40.3 Å². The van der Waals surface area contributed by atoms with Crippen LogP contribution in [-0.2, 0) is 15.7 Å². The first kappa shape index (κ1) is 13.5. The highest BCUT2D eigenvalue weighted by Crippen LogP contribution is 2.36. The second-order valence-electron chi connectivity index (χ2n) is 5.62. The zero-order chi connectivity index (χ0) is 13.6. The molecule has 5 heteroatoms. The predicted octanol–water partition coefficient (Wildman–Crippen LogP) is 2.08. The summed E-state index contributed by atoms with van der Waals surface area (Å²) in [6.07, 6.45) is 0.709. The Bertz CT molecular complexity index is 446. The number of hydrogen-bond donors (Lipinski definition) is 0. The number of pyridine rings is 1. The summed E-state index contributed by atoms with van der Waals surface area (Å²) in [6.45, 7) is 9.71. The Morgan fingerprint density at radius 2 is 1.72 bits per heavy atom. The van der Waals surface area contributed by atoms with Crippen molar-refractivity contribution in [1.82, 2.24) is 4.98 Å². The molecule has 1 fully saturated rings. The van der Waals surface area contributed by atoms with Crippen molar-refractivity contribution < 1.29 is 13.7 Å². The number of hydrogen-bond acceptors (Lipinski definition) is 3. The Morgan fingerprint density at radius 1 is 1.17 bits per heavy atom. The van der Waals surface area contributed by atoms with Gasteiger partial charge in [-0.3, -0.25) is 0 Å². The molecule has 98 valence electrons. The lowest BCUT2D eigenvalue weighted by molar-refractivity contribution is 0.00578. The van der Waals surface area contributed by atoms with Gasteiger partial charge >= 0.3 is 7.12 Å². The van der Waals surface area contributed by atoms with Gasteiger partial charge in [0.05, 0.1) is 11.2 Å². The third kappa shape index (κ3) is 2.17. The molecule has 2 heterocycles. The minimum Gasteiger partial charge on any atom is -0.399 e. The van der Waals surface area contributed by atoms with Gasteiger partial charge in [0.25, 0.3) is 0 Å². The Labute approximate surface area is 108 Å². The fourth-order valence-electron chi connectivity index (χ4n) is 1.83. The monoisotopic (exact) mass is 251 g/mol. The Hall–Kier alpha value is -0.935. The first-order valence-electron chi connectivity index (χ1n) is 6.28. The first-order chi connectivity index (χ1) is 8.27. The summed E-state index contributed by atoms with van der Waals surface area (Å²) >= 11 is 0. The van der Waals surface area contributed by atoms with Crippen molar-refractivity contribution in [1.29, 1.82) is 0 Å². The minimum atomic E-state index is -0.687. The second kappa shape index (κ2) is 4.32. The Kier molecular flexibility index (Phi) is 3.24. The van der Waals surface area contributed by atoms with Crippen molar-refractivity contribution in [3.8, 4) is 0 Å². The van der Waals surface area contributed by atoms with Crippen LogP contribution in [0.4, 0.5) is 4.39 Å². The molecule has 0 amide bonds. The molecular weight excluding hydrogens is 232 g/mol. The van der Waals surface area contributed by atoms with Crippen LogP contribution in [0.5, 0.6) is 0 Å². The van der Waals surface area contributed by atoms with Gasteiger partial charge in [0, 0.05) is 11.2 Å². The van der Waals surface area contributed by atoms with Gasteiger partial charge in [-0.2, -0.15) is 4.39 Å². The van der Waals surface area contributed by atoms with E-state index in [1.165, 1.54) is 0 Å². The van der Waals surface area contributed by atoms with Crippen LogP contribution in [0.15, 0.2) is 12.1 Å². The zero-order valence-corrected chi connectivity index (χ0v) is 11.6. The van der Waals surface area contributed by atoms with Crippen LogP contribution in [-0.4, -0.2) is 23.3 Å². The summed E-state index contributed by atoms with van der Waals surface area (Å²) in [4.78, 5) is 3.91. The quantitative estimate of drug-likeness (QED) is 0.595. The molecular formula is C13H19BFNO2. The molecule has 0 aromatic carbocycles. The molecule has 0 unspecified atom stereocenters. The molecule has 2 rings (SSSR count). The van der Waals surface area contributed by atoms with Crippen LogP contribution in [0.25, 0.3) is 0 Å². The molecule has 0 N–H and O–H groups in total. The summed E-state index contributed by atoms with van der Waals surface area (Å²) in [6, 6.07) is 3.51. The molecule has 0 saturated carbocycles. The second-order valence-corrected chi connectivity index (χ2v) is 5.62. The fraction of sp³-hybridized carbons (Fsp3) is 0.615. The van der Waals surface area contributed by atoms with Crippen LogP contribution in [0.2, 0.25) is 0 Å². The lowest BCUT2D eigenvalue weighted by atomic mass is 9.80. The number of nitrogens with zero attached hydrogens (tertiary/aromatic N) is 1. The van der Waals surface area contributed by atoms with Gasteiger partial charge in [-0.25, -0.2) is 4.98 Å². The first-order valence-corrected chi connectivity index (χ1v) is 6.28. The van der Waals surface area contributed by atoms with Gasteiger partial charge in [-0.05, 0) is 40.2 Å². The Morgan fingerprint density at radius 3 is 2.17 bits per heavy atom. The van der Waals surface area contributed by atoms with Gasteiger partial charge in [0.2, 0.25) is 5.95 Å². The van der Waals surface area contributed by atoms with E-state index >= 15 is 0 Å². The maximum atomic E-state index is 13.9. The standard InChI is InChI=1S/C13H19BFNO2/c1-6-9-7-8-10(11(15)16-9)14-17-12(2,3)13(4,5)18-14/h7-8H,6H2,1-5H3. The van der Waals surface area contributed by atoms with E-state index in [0.717, 1.165) is 5.69 Å². The molecule has 0 radical (unpaired) electrons. The van der Waals surface area contributed by atoms with E-state index < -0.39 is 24.3 Å². The van der Waals surface area contributed by atoms with Crippen LogP contribution in [0, 0.1) is 5.95 Å². The van der Waals surface area contributed by atoms with Crippen molar-refractivity contribution in [2.75, 3.05) is 0 Å². The van der Waals surface area contributed by atoms with Gasteiger partial charge in [-0.15, -0.1) is 0 Å². The summed E-state index contributed by atoms with van der Waals surface area (Å²) in [7, 11) is -0.687. The number of aryl methyl sites for hydroxylation is 1. The average Bonchev–Trinajstić information content (AvgIpc) is 2.47. The summed E-state index contributed by atoms with van der Waals surface area (Å²) in [5, 5.41) is 0. The van der Waals surface area contributed by atoms with E-state index in [-0.39, 0.29) is 0 Å². The number of halogens is 1. The molecule has 1 aromatic heterocycles. The molecule has 3 nitrogen and oxygen atoms in total. The van der Waals surface area contributed by atoms with Crippen LogP contribution >= 0.6 is 0 Å². The summed E-state index contributed by atoms with van der Waals surface area (Å²) in [5.74, 6) is -0.507. The zero-order valence-electron chi connectivity index (χ0n) is 11.6. The predicted molar refractivity (Wildman–Crippen MR) is 69.3 cm³/mol. The molecule has 1 aromatic rings. The highest BCUT2D eigenvalue weighted by atomic mass is 19.1. The smallest absolute Gasteiger partial charge is 0.399 e. The third-order valence-corrected chi connectivity index (χ3v) is 3.80. The fourth-order valence-corrected chi connectivity index (χ4v) is 1.83. The van der Waals surface area contributed by atoms with Crippen LogP contribution in [0.3, 0.4) is 0 Å². The van der Waals surface area contributed by atoms with E-state index in [9.17, 15) is 4.39 Å². The van der Waals surface area contributed by atoms with Crippen LogP contribution < -0.4 is 5.46 Å². The lowest BCUT2D eigenvalue weighted by Gasteiger charge is -2.32. The average molecular weight is 251 g/mol. The maximum Gasteiger partial charge on any atom is 0.499 e. The molecule has 0 aliphatic carbocycles. The van der Waals surface area contributed by atoms with E-state index in [0.29, 0.717) is 11.9 Å². The Balaban J connectivity index is 2.30. The largest absolute Gasteiger partial charge is 0.499 e. The van der Waals surface area contributed by atoms with E-state index in [4.69, 9.17) is 9.31 Å². The highest BCUT2D eigenvalue weighted by molar-refractivity contribution is 6.62. The summed E-state index contributed by atoms with van der Waals surface area (Å²) < 4.78 is 25.5. The molecule has 18 heavy (non-hydrogen) atoms. The molecule has 0 atom stereocenters. The van der Waals surface area contributed by atoms with Crippen molar-refractivity contribution in [3.63, 3.8) is 0 Å². The number of rotatable bonds is 2. The molecule has 1 saturated heterocycles. The van der Waals surface area contributed by atoms with E-state index in [1.807, 2.05) is 40.7 Å².